The van der Waals surface area contributed by atoms with E-state index in [-0.39, 0.29) is 6.54 Å². The number of hydrogen-bond donors (Lipinski definition) is 1. The number of alkyl halides is 2. The molecule has 0 radical (unpaired) electrons. The molecule has 0 saturated heterocycles. The van der Waals surface area contributed by atoms with Crippen LogP contribution in [0.3, 0.4) is 0 Å². The minimum absolute atomic E-state index is 0.258. The highest BCUT2D eigenvalue weighted by Crippen LogP contribution is 2.17. The summed E-state index contributed by atoms with van der Waals surface area (Å²) in [4.78, 5) is 0. The van der Waals surface area contributed by atoms with Crippen molar-refractivity contribution >= 4 is 15.9 Å². The van der Waals surface area contributed by atoms with E-state index >= 15 is 0 Å². The van der Waals surface area contributed by atoms with Crippen molar-refractivity contribution in [2.24, 2.45) is 0 Å². The molecule has 1 N–H and O–H groups in total. The monoisotopic (exact) mass is 263 g/mol. The van der Waals surface area contributed by atoms with Gasteiger partial charge in [-0.2, -0.15) is 0 Å². The summed E-state index contributed by atoms with van der Waals surface area (Å²) in [5.74, 6) is 0. The second kappa shape index (κ2) is 5.41. The van der Waals surface area contributed by atoms with Gasteiger partial charge in [0, 0.05) is 11.0 Å². The largest absolute Gasteiger partial charge is 0.307 e. The molecular formula is C10H12BrF2N. The molecule has 1 nitrogen and oxygen atoms in total. The van der Waals surface area contributed by atoms with Crippen LogP contribution in [0.5, 0.6) is 0 Å². The fourth-order valence-electron chi connectivity index (χ4n) is 1.07. The number of benzene rings is 1. The third kappa shape index (κ3) is 3.72. The van der Waals surface area contributed by atoms with Gasteiger partial charge in [0.1, 0.15) is 0 Å². The first-order valence-electron chi connectivity index (χ1n) is 4.33. The second-order valence-electron chi connectivity index (χ2n) is 3.11. The molecule has 0 aliphatic carbocycles. The van der Waals surface area contributed by atoms with Gasteiger partial charge in [-0.15, -0.1) is 0 Å². The van der Waals surface area contributed by atoms with E-state index in [1.165, 1.54) is 0 Å². The Balaban J connectivity index is 2.47. The number of nitrogens with one attached hydrogen (secondary N) is 1. The van der Waals surface area contributed by atoms with Gasteiger partial charge in [0.15, 0.2) is 0 Å². The summed E-state index contributed by atoms with van der Waals surface area (Å²) < 4.78 is 24.6. The highest BCUT2D eigenvalue weighted by molar-refractivity contribution is 9.10. The van der Waals surface area contributed by atoms with Gasteiger partial charge in [-0.3, -0.25) is 0 Å². The van der Waals surface area contributed by atoms with E-state index in [4.69, 9.17) is 0 Å². The summed E-state index contributed by atoms with van der Waals surface area (Å²) in [7, 11) is 0. The van der Waals surface area contributed by atoms with Gasteiger partial charge in [-0.05, 0) is 24.1 Å². The van der Waals surface area contributed by atoms with Crippen LogP contribution in [0, 0.1) is 6.92 Å². The molecule has 0 aliphatic heterocycles. The number of rotatable bonds is 4. The van der Waals surface area contributed by atoms with Crippen LogP contribution in [0.2, 0.25) is 0 Å². The molecule has 0 aromatic heterocycles. The van der Waals surface area contributed by atoms with E-state index < -0.39 is 6.43 Å². The first-order valence-corrected chi connectivity index (χ1v) is 5.13. The van der Waals surface area contributed by atoms with E-state index in [1.54, 1.807) is 0 Å². The maximum absolute atomic E-state index is 11.8. The molecule has 14 heavy (non-hydrogen) atoms. The zero-order valence-corrected chi connectivity index (χ0v) is 9.44. The van der Waals surface area contributed by atoms with Gasteiger partial charge >= 0.3 is 0 Å². The lowest BCUT2D eigenvalue weighted by molar-refractivity contribution is 0.145. The standard InChI is InChI=1S/C10H12BrF2N/c1-7-2-3-8(4-9(7)11)5-14-6-10(12)13/h2-4,10,14H,5-6H2,1H3. The second-order valence-corrected chi connectivity index (χ2v) is 3.96. The van der Waals surface area contributed by atoms with Crippen LogP contribution >= 0.6 is 15.9 Å². The molecule has 0 amide bonds. The zero-order valence-electron chi connectivity index (χ0n) is 7.86. The van der Waals surface area contributed by atoms with Crippen molar-refractivity contribution in [2.45, 2.75) is 19.9 Å². The molecular weight excluding hydrogens is 252 g/mol. The predicted octanol–water partition coefficient (Wildman–Crippen LogP) is 3.11. The quantitative estimate of drug-likeness (QED) is 0.881. The number of halogens is 3. The van der Waals surface area contributed by atoms with Gasteiger partial charge in [-0.1, -0.05) is 28.1 Å². The van der Waals surface area contributed by atoms with E-state index in [0.29, 0.717) is 6.54 Å². The van der Waals surface area contributed by atoms with E-state index in [0.717, 1.165) is 15.6 Å². The molecule has 0 bridgehead atoms. The van der Waals surface area contributed by atoms with E-state index in [9.17, 15) is 8.78 Å². The third-order valence-corrected chi connectivity index (χ3v) is 2.72. The molecule has 4 heteroatoms. The van der Waals surface area contributed by atoms with Crippen molar-refractivity contribution in [2.75, 3.05) is 6.54 Å². The SMILES string of the molecule is Cc1ccc(CNCC(F)F)cc1Br. The van der Waals surface area contributed by atoms with Crippen LogP contribution in [0.25, 0.3) is 0 Å². The smallest absolute Gasteiger partial charge is 0.250 e. The Morgan fingerprint density at radius 1 is 1.43 bits per heavy atom. The van der Waals surface area contributed by atoms with Gasteiger partial charge < -0.3 is 5.32 Å². The molecule has 0 aliphatic rings. The molecule has 0 saturated carbocycles. The lowest BCUT2D eigenvalue weighted by Crippen LogP contribution is -2.20. The lowest BCUT2D eigenvalue weighted by atomic mass is 10.1. The number of aryl methyl sites for hydroxylation is 1. The van der Waals surface area contributed by atoms with Crippen LogP contribution in [-0.2, 0) is 6.54 Å². The topological polar surface area (TPSA) is 12.0 Å². The normalized spacial score (nSPS) is 10.9. The van der Waals surface area contributed by atoms with Crippen molar-refractivity contribution in [1.82, 2.24) is 5.32 Å². The minimum atomic E-state index is -2.29. The summed E-state index contributed by atoms with van der Waals surface area (Å²) in [6, 6.07) is 5.83. The van der Waals surface area contributed by atoms with Crippen LogP contribution in [0.1, 0.15) is 11.1 Å². The molecule has 0 spiro atoms. The van der Waals surface area contributed by atoms with Crippen LogP contribution < -0.4 is 5.32 Å². The Hall–Kier alpha value is -0.480. The summed E-state index contributed by atoms with van der Waals surface area (Å²) in [6.07, 6.45) is -2.29. The molecule has 0 atom stereocenters. The Labute approximate surface area is 90.6 Å². The molecule has 0 fully saturated rings. The van der Waals surface area contributed by atoms with Gasteiger partial charge in [-0.25, -0.2) is 8.78 Å². The first-order chi connectivity index (χ1) is 6.59. The first kappa shape index (κ1) is 11.6. The van der Waals surface area contributed by atoms with Crippen molar-refractivity contribution in [1.29, 1.82) is 0 Å². The Bertz CT molecular complexity index is 302. The Morgan fingerprint density at radius 3 is 2.71 bits per heavy atom. The lowest BCUT2D eigenvalue weighted by Gasteiger charge is -2.05. The molecule has 1 aromatic carbocycles. The third-order valence-electron chi connectivity index (χ3n) is 1.86. The Kier molecular flexibility index (Phi) is 4.48. The summed E-state index contributed by atoms with van der Waals surface area (Å²) in [6.45, 7) is 2.20. The summed E-state index contributed by atoms with van der Waals surface area (Å²) in [5.41, 5.74) is 2.14. The van der Waals surface area contributed by atoms with Crippen molar-refractivity contribution in [3.05, 3.63) is 33.8 Å². The predicted molar refractivity (Wildman–Crippen MR) is 56.6 cm³/mol. The van der Waals surface area contributed by atoms with Crippen LogP contribution in [-0.4, -0.2) is 13.0 Å². The van der Waals surface area contributed by atoms with E-state index in [2.05, 4.69) is 21.2 Å². The molecule has 1 aromatic rings. The van der Waals surface area contributed by atoms with Gasteiger partial charge in [0.2, 0.25) is 0 Å². The summed E-state index contributed by atoms with van der Waals surface area (Å²) >= 11 is 3.39. The molecule has 0 heterocycles. The maximum atomic E-state index is 11.8. The van der Waals surface area contributed by atoms with E-state index in [1.807, 2.05) is 25.1 Å². The summed E-state index contributed by atoms with van der Waals surface area (Å²) in [5, 5.41) is 2.68. The van der Waals surface area contributed by atoms with Gasteiger partial charge in [0.25, 0.3) is 6.43 Å². The molecule has 1 rings (SSSR count). The maximum Gasteiger partial charge on any atom is 0.250 e. The Morgan fingerprint density at radius 2 is 2.14 bits per heavy atom. The van der Waals surface area contributed by atoms with Crippen LogP contribution in [0.4, 0.5) is 8.78 Å². The number of hydrogen-bond acceptors (Lipinski definition) is 1. The highest BCUT2D eigenvalue weighted by atomic mass is 79.9. The van der Waals surface area contributed by atoms with Crippen molar-refractivity contribution < 1.29 is 8.78 Å². The zero-order chi connectivity index (χ0) is 10.6. The van der Waals surface area contributed by atoms with Crippen molar-refractivity contribution in [3.63, 3.8) is 0 Å². The average molecular weight is 264 g/mol. The fraction of sp³-hybridized carbons (Fsp3) is 0.400. The van der Waals surface area contributed by atoms with Crippen LogP contribution in [0.15, 0.2) is 22.7 Å². The molecule has 0 unspecified atom stereocenters. The molecule has 78 valence electrons. The highest BCUT2D eigenvalue weighted by Gasteiger charge is 2.01. The minimum Gasteiger partial charge on any atom is -0.307 e. The fourth-order valence-corrected chi connectivity index (χ4v) is 1.50. The average Bonchev–Trinajstić information content (AvgIpc) is 2.10. The van der Waals surface area contributed by atoms with Crippen molar-refractivity contribution in [3.8, 4) is 0 Å². The van der Waals surface area contributed by atoms with Gasteiger partial charge in [0.05, 0.1) is 6.54 Å².